The molecule has 118 valence electrons. The fourth-order valence-corrected chi connectivity index (χ4v) is 3.29. The number of esters is 1. The van der Waals surface area contributed by atoms with E-state index in [1.807, 2.05) is 12.0 Å². The largest absolute Gasteiger partial charge is 0.466 e. The van der Waals surface area contributed by atoms with Gasteiger partial charge in [-0.1, -0.05) is 20.3 Å². The molecule has 0 aromatic heterocycles. The molecule has 2 fully saturated rings. The summed E-state index contributed by atoms with van der Waals surface area (Å²) in [5, 5.41) is 1.98. The Kier molecular flexibility index (Phi) is 7.48. The highest BCUT2D eigenvalue weighted by molar-refractivity contribution is 5.73. The molecule has 5 nitrogen and oxygen atoms in total. The molecule has 0 spiro atoms. The summed E-state index contributed by atoms with van der Waals surface area (Å²) in [4.78, 5) is 19.8. The molecule has 1 unspecified atom stereocenters. The molecular weight excluding hydrogens is 256 g/mol. The van der Waals surface area contributed by atoms with E-state index in [0.717, 1.165) is 45.4 Å². The summed E-state index contributed by atoms with van der Waals surface area (Å²) in [5.74, 6) is 0.0733. The Balaban J connectivity index is 0.00000200. The lowest BCUT2D eigenvalue weighted by atomic mass is 9.83. The Morgan fingerprint density at radius 1 is 1.15 bits per heavy atom. The molecule has 0 radical (unpaired) electrons. The Morgan fingerprint density at radius 3 is 2.40 bits per heavy atom. The number of hydrogen-bond donors (Lipinski definition) is 0. The Labute approximate surface area is 123 Å². The molecule has 1 saturated carbocycles. The zero-order valence-electron chi connectivity index (χ0n) is 12.1. The van der Waals surface area contributed by atoms with E-state index >= 15 is 0 Å². The molecule has 20 heavy (non-hydrogen) atoms. The van der Waals surface area contributed by atoms with Gasteiger partial charge in [0.25, 0.3) is 0 Å². The van der Waals surface area contributed by atoms with Crippen molar-refractivity contribution in [1.82, 2.24) is 9.96 Å². The van der Waals surface area contributed by atoms with Crippen LogP contribution in [0.15, 0.2) is 0 Å². The summed E-state index contributed by atoms with van der Waals surface area (Å²) in [7, 11) is 1.72. The van der Waals surface area contributed by atoms with Gasteiger partial charge in [-0.05, 0) is 19.8 Å². The SMILES string of the molecule is C.CCOC(=O)C1CCCC[C@H]1N1CCN(OC)CC1. The van der Waals surface area contributed by atoms with Crippen molar-refractivity contribution >= 4 is 5.97 Å². The van der Waals surface area contributed by atoms with E-state index in [-0.39, 0.29) is 19.3 Å². The standard InChI is InChI=1S/C14H26N2O3.CH4/c1-3-19-14(17)12-6-4-5-7-13(12)15-8-10-16(18-2)11-9-15;/h12-13H,3-11H2,1-2H3;1H4/t12?,13-;/m1./s1. The van der Waals surface area contributed by atoms with Crippen molar-refractivity contribution in [3.8, 4) is 0 Å². The van der Waals surface area contributed by atoms with E-state index in [1.165, 1.54) is 6.42 Å². The van der Waals surface area contributed by atoms with E-state index in [0.29, 0.717) is 12.6 Å². The quantitative estimate of drug-likeness (QED) is 0.739. The predicted molar refractivity (Wildman–Crippen MR) is 79.3 cm³/mol. The minimum absolute atomic E-state index is 0. The van der Waals surface area contributed by atoms with Crippen molar-refractivity contribution in [1.29, 1.82) is 0 Å². The van der Waals surface area contributed by atoms with Crippen LogP contribution in [0, 0.1) is 5.92 Å². The van der Waals surface area contributed by atoms with Crippen molar-refractivity contribution in [3.05, 3.63) is 0 Å². The van der Waals surface area contributed by atoms with E-state index in [2.05, 4.69) is 4.90 Å². The third-order valence-corrected chi connectivity index (χ3v) is 4.32. The van der Waals surface area contributed by atoms with Crippen LogP contribution < -0.4 is 0 Å². The van der Waals surface area contributed by atoms with Crippen LogP contribution in [0.5, 0.6) is 0 Å². The van der Waals surface area contributed by atoms with Gasteiger partial charge in [0.2, 0.25) is 0 Å². The molecule has 5 heteroatoms. The molecular formula is C15H30N2O3. The zero-order chi connectivity index (χ0) is 13.7. The average molecular weight is 286 g/mol. The van der Waals surface area contributed by atoms with Crippen LogP contribution in [0.1, 0.15) is 40.0 Å². The van der Waals surface area contributed by atoms with Crippen LogP contribution in [0.25, 0.3) is 0 Å². The van der Waals surface area contributed by atoms with Gasteiger partial charge in [0.15, 0.2) is 0 Å². The lowest BCUT2D eigenvalue weighted by Crippen LogP contribution is -2.54. The molecule has 2 rings (SSSR count). The van der Waals surface area contributed by atoms with Gasteiger partial charge in [0, 0.05) is 32.2 Å². The van der Waals surface area contributed by atoms with E-state index < -0.39 is 0 Å². The highest BCUT2D eigenvalue weighted by atomic mass is 16.7. The highest BCUT2D eigenvalue weighted by Gasteiger charge is 2.36. The van der Waals surface area contributed by atoms with Gasteiger partial charge in [-0.15, -0.1) is 0 Å². The van der Waals surface area contributed by atoms with Crippen LogP contribution in [-0.2, 0) is 14.4 Å². The van der Waals surface area contributed by atoms with Gasteiger partial charge in [0.05, 0.1) is 19.6 Å². The van der Waals surface area contributed by atoms with E-state index in [9.17, 15) is 4.79 Å². The van der Waals surface area contributed by atoms with Gasteiger partial charge in [-0.25, -0.2) is 0 Å². The van der Waals surface area contributed by atoms with Crippen LogP contribution in [0.2, 0.25) is 0 Å². The number of hydrogen-bond acceptors (Lipinski definition) is 5. The topological polar surface area (TPSA) is 42.0 Å². The molecule has 1 heterocycles. The van der Waals surface area contributed by atoms with Gasteiger partial charge in [-0.2, -0.15) is 5.06 Å². The molecule has 2 atom stereocenters. The van der Waals surface area contributed by atoms with Gasteiger partial charge in [0.1, 0.15) is 0 Å². The molecule has 1 aliphatic carbocycles. The lowest BCUT2D eigenvalue weighted by molar-refractivity contribution is -0.164. The molecule has 1 saturated heterocycles. The summed E-state index contributed by atoms with van der Waals surface area (Å²) in [5.41, 5.74) is 0. The van der Waals surface area contributed by atoms with Crippen molar-refractivity contribution in [3.63, 3.8) is 0 Å². The van der Waals surface area contributed by atoms with Crippen molar-refractivity contribution in [2.75, 3.05) is 39.9 Å². The highest BCUT2D eigenvalue weighted by Crippen LogP contribution is 2.30. The van der Waals surface area contributed by atoms with Crippen LogP contribution in [0.4, 0.5) is 0 Å². The molecule has 0 bridgehead atoms. The normalized spacial score (nSPS) is 28.7. The smallest absolute Gasteiger partial charge is 0.310 e. The number of nitrogens with zero attached hydrogens (tertiary/aromatic N) is 2. The maximum Gasteiger partial charge on any atom is 0.310 e. The summed E-state index contributed by atoms with van der Waals surface area (Å²) >= 11 is 0. The van der Waals surface area contributed by atoms with Gasteiger partial charge >= 0.3 is 5.97 Å². The molecule has 1 aliphatic heterocycles. The summed E-state index contributed by atoms with van der Waals surface area (Å²) in [6, 6.07) is 0.367. The first kappa shape index (κ1) is 17.4. The zero-order valence-corrected chi connectivity index (χ0v) is 12.1. The summed E-state index contributed by atoms with van der Waals surface area (Å²) in [6.07, 6.45) is 4.48. The minimum Gasteiger partial charge on any atom is -0.466 e. The second-order valence-electron chi connectivity index (χ2n) is 5.36. The Bertz CT molecular complexity index is 291. The first-order valence-corrected chi connectivity index (χ1v) is 7.46. The minimum atomic E-state index is 0. The summed E-state index contributed by atoms with van der Waals surface area (Å²) < 4.78 is 5.24. The number of hydroxylamine groups is 2. The average Bonchev–Trinajstić information content (AvgIpc) is 2.47. The van der Waals surface area contributed by atoms with E-state index in [4.69, 9.17) is 9.57 Å². The number of carbonyl (C=O) groups excluding carboxylic acids is 1. The van der Waals surface area contributed by atoms with Gasteiger partial charge in [-0.3, -0.25) is 9.69 Å². The Hall–Kier alpha value is -0.650. The van der Waals surface area contributed by atoms with Crippen LogP contribution in [0.3, 0.4) is 0 Å². The molecule has 0 aromatic rings. The molecule has 2 aliphatic rings. The van der Waals surface area contributed by atoms with E-state index in [1.54, 1.807) is 7.11 Å². The molecule has 0 N–H and O–H groups in total. The number of rotatable bonds is 4. The number of carbonyl (C=O) groups is 1. The second-order valence-corrected chi connectivity index (χ2v) is 5.36. The van der Waals surface area contributed by atoms with Crippen LogP contribution in [-0.4, -0.2) is 61.9 Å². The van der Waals surface area contributed by atoms with Crippen molar-refractivity contribution in [2.45, 2.75) is 46.1 Å². The first-order valence-electron chi connectivity index (χ1n) is 7.46. The fourth-order valence-electron chi connectivity index (χ4n) is 3.29. The maximum atomic E-state index is 12.1. The number of ether oxygens (including phenoxy) is 1. The molecule has 0 aromatic carbocycles. The predicted octanol–water partition coefficient (Wildman–Crippen LogP) is 1.92. The van der Waals surface area contributed by atoms with Gasteiger partial charge < -0.3 is 9.57 Å². The second kappa shape index (κ2) is 8.60. The number of piperazine rings is 1. The van der Waals surface area contributed by atoms with Crippen molar-refractivity contribution in [2.24, 2.45) is 5.92 Å². The summed E-state index contributed by atoms with van der Waals surface area (Å²) in [6.45, 7) is 6.17. The third-order valence-electron chi connectivity index (χ3n) is 4.32. The lowest BCUT2D eigenvalue weighted by Gasteiger charge is -2.42. The van der Waals surface area contributed by atoms with Crippen LogP contribution >= 0.6 is 0 Å². The Morgan fingerprint density at radius 2 is 1.80 bits per heavy atom. The fraction of sp³-hybridized carbons (Fsp3) is 0.933. The van der Waals surface area contributed by atoms with Crippen molar-refractivity contribution < 1.29 is 14.4 Å². The maximum absolute atomic E-state index is 12.1. The third kappa shape index (κ3) is 4.17. The first-order chi connectivity index (χ1) is 9.26. The monoisotopic (exact) mass is 286 g/mol. The molecule has 0 amide bonds.